The molecule has 0 saturated carbocycles. The van der Waals surface area contributed by atoms with Crippen LogP contribution in [-0.2, 0) is 10.0 Å². The summed E-state index contributed by atoms with van der Waals surface area (Å²) < 4.78 is 26.8. The van der Waals surface area contributed by atoms with Crippen LogP contribution < -0.4 is 9.62 Å². The van der Waals surface area contributed by atoms with Crippen molar-refractivity contribution >= 4 is 15.8 Å². The SMILES string of the molecule is CC[NH+](CC)CCNS(=O)(=O)c1cccc(C(C)=O)c1. The molecule has 0 unspecified atom stereocenters. The van der Waals surface area contributed by atoms with E-state index < -0.39 is 10.0 Å². The van der Waals surface area contributed by atoms with Crippen molar-refractivity contribution in [1.82, 2.24) is 4.72 Å². The van der Waals surface area contributed by atoms with Gasteiger partial charge in [0.05, 0.1) is 31.1 Å². The molecule has 20 heavy (non-hydrogen) atoms. The van der Waals surface area contributed by atoms with E-state index in [-0.39, 0.29) is 10.7 Å². The molecule has 0 fully saturated rings. The zero-order chi connectivity index (χ0) is 15.2. The Hall–Kier alpha value is -1.24. The lowest BCUT2D eigenvalue weighted by atomic mass is 10.2. The fourth-order valence-corrected chi connectivity index (χ4v) is 3.01. The first-order valence-corrected chi connectivity index (χ1v) is 8.33. The number of sulfonamides is 1. The second-order valence-corrected chi connectivity index (χ2v) is 6.46. The second-order valence-electron chi connectivity index (χ2n) is 4.69. The lowest BCUT2D eigenvalue weighted by Crippen LogP contribution is -3.12. The van der Waals surface area contributed by atoms with Crippen LogP contribution in [0.4, 0.5) is 0 Å². The lowest BCUT2D eigenvalue weighted by Gasteiger charge is -2.15. The predicted molar refractivity (Wildman–Crippen MR) is 78.5 cm³/mol. The van der Waals surface area contributed by atoms with Crippen molar-refractivity contribution in [3.8, 4) is 0 Å². The summed E-state index contributed by atoms with van der Waals surface area (Å²) in [6.45, 7) is 8.65. The highest BCUT2D eigenvalue weighted by Crippen LogP contribution is 2.11. The van der Waals surface area contributed by atoms with E-state index in [4.69, 9.17) is 0 Å². The van der Waals surface area contributed by atoms with E-state index in [1.165, 1.54) is 24.0 Å². The van der Waals surface area contributed by atoms with Gasteiger partial charge in [-0.05, 0) is 32.9 Å². The predicted octanol–water partition coefficient (Wildman–Crippen LogP) is 0.0922. The molecule has 0 aliphatic heterocycles. The normalized spacial score (nSPS) is 11.8. The molecule has 0 aliphatic carbocycles. The largest absolute Gasteiger partial charge is 0.334 e. The molecule has 6 heteroatoms. The van der Waals surface area contributed by atoms with E-state index >= 15 is 0 Å². The van der Waals surface area contributed by atoms with Crippen LogP contribution in [0.3, 0.4) is 0 Å². The second kappa shape index (κ2) is 7.52. The van der Waals surface area contributed by atoms with Crippen LogP contribution in [-0.4, -0.2) is 40.4 Å². The van der Waals surface area contributed by atoms with E-state index in [0.29, 0.717) is 12.1 Å². The van der Waals surface area contributed by atoms with E-state index in [9.17, 15) is 13.2 Å². The number of carbonyl (C=O) groups excluding carboxylic acids is 1. The Bertz CT molecular complexity index is 551. The molecule has 0 amide bonds. The smallest absolute Gasteiger partial charge is 0.240 e. The first-order valence-electron chi connectivity index (χ1n) is 6.85. The third-order valence-corrected chi connectivity index (χ3v) is 4.78. The van der Waals surface area contributed by atoms with Gasteiger partial charge >= 0.3 is 0 Å². The summed E-state index contributed by atoms with van der Waals surface area (Å²) in [6, 6.07) is 6.11. The molecule has 112 valence electrons. The molecular formula is C14H23N2O3S+. The third kappa shape index (κ3) is 4.70. The number of benzene rings is 1. The topological polar surface area (TPSA) is 67.7 Å². The van der Waals surface area contributed by atoms with E-state index in [0.717, 1.165) is 19.6 Å². The Morgan fingerprint density at radius 3 is 2.45 bits per heavy atom. The summed E-state index contributed by atoms with van der Waals surface area (Å²) in [5.74, 6) is -0.144. The fourth-order valence-electron chi connectivity index (χ4n) is 1.93. The Balaban J connectivity index is 2.74. The monoisotopic (exact) mass is 299 g/mol. The molecule has 0 saturated heterocycles. The van der Waals surface area contributed by atoms with Crippen molar-refractivity contribution < 1.29 is 18.1 Å². The summed E-state index contributed by atoms with van der Waals surface area (Å²) in [5.41, 5.74) is 0.405. The maximum atomic E-state index is 12.1. The van der Waals surface area contributed by atoms with Crippen molar-refractivity contribution in [2.24, 2.45) is 0 Å². The minimum absolute atomic E-state index is 0.139. The van der Waals surface area contributed by atoms with Gasteiger partial charge in [0.1, 0.15) is 0 Å². The van der Waals surface area contributed by atoms with Crippen molar-refractivity contribution in [2.45, 2.75) is 25.7 Å². The van der Waals surface area contributed by atoms with Gasteiger partial charge in [-0.2, -0.15) is 0 Å². The Labute approximate surface area is 121 Å². The quantitative estimate of drug-likeness (QED) is 0.669. The number of rotatable bonds is 8. The molecule has 1 aromatic carbocycles. The summed E-state index contributed by atoms with van der Waals surface area (Å²) in [4.78, 5) is 12.8. The number of nitrogens with one attached hydrogen (secondary N) is 2. The van der Waals surface area contributed by atoms with E-state index in [2.05, 4.69) is 18.6 Å². The van der Waals surface area contributed by atoms with Gasteiger partial charge in [-0.3, -0.25) is 4.79 Å². The van der Waals surface area contributed by atoms with Crippen molar-refractivity contribution in [2.75, 3.05) is 26.2 Å². The van der Waals surface area contributed by atoms with Crippen LogP contribution in [0, 0.1) is 0 Å². The average Bonchev–Trinajstić information content (AvgIpc) is 2.43. The number of ketones is 1. The van der Waals surface area contributed by atoms with Gasteiger partial charge in [0.15, 0.2) is 5.78 Å². The lowest BCUT2D eigenvalue weighted by molar-refractivity contribution is -0.895. The van der Waals surface area contributed by atoms with Gasteiger partial charge in [0, 0.05) is 5.56 Å². The molecule has 1 rings (SSSR count). The summed E-state index contributed by atoms with van der Waals surface area (Å²) in [5, 5.41) is 0. The maximum Gasteiger partial charge on any atom is 0.240 e. The van der Waals surface area contributed by atoms with Gasteiger partial charge in [-0.15, -0.1) is 0 Å². The highest BCUT2D eigenvalue weighted by atomic mass is 32.2. The number of hydrogen-bond donors (Lipinski definition) is 2. The summed E-state index contributed by atoms with van der Waals surface area (Å²) in [7, 11) is -3.54. The van der Waals surface area contributed by atoms with Gasteiger partial charge in [0.25, 0.3) is 0 Å². The Morgan fingerprint density at radius 1 is 1.25 bits per heavy atom. The fraction of sp³-hybridized carbons (Fsp3) is 0.500. The van der Waals surface area contributed by atoms with E-state index in [1.54, 1.807) is 12.1 Å². The number of carbonyl (C=O) groups is 1. The van der Waals surface area contributed by atoms with Gasteiger partial charge in [0.2, 0.25) is 10.0 Å². The van der Waals surface area contributed by atoms with Crippen LogP contribution >= 0.6 is 0 Å². The number of quaternary nitrogens is 1. The van der Waals surface area contributed by atoms with Crippen molar-refractivity contribution in [3.05, 3.63) is 29.8 Å². The summed E-state index contributed by atoms with van der Waals surface area (Å²) >= 11 is 0. The zero-order valence-corrected chi connectivity index (χ0v) is 13.1. The van der Waals surface area contributed by atoms with Crippen LogP contribution in [0.2, 0.25) is 0 Å². The number of Topliss-reactive ketones (excluding diaryl/α,β-unsaturated/α-hetero) is 1. The Kier molecular flexibility index (Phi) is 6.32. The Morgan fingerprint density at radius 2 is 1.90 bits per heavy atom. The molecule has 0 bridgehead atoms. The molecule has 2 N–H and O–H groups in total. The molecule has 1 aromatic rings. The van der Waals surface area contributed by atoms with Gasteiger partial charge < -0.3 is 4.90 Å². The third-order valence-electron chi connectivity index (χ3n) is 3.32. The minimum atomic E-state index is -3.54. The molecule has 0 radical (unpaired) electrons. The summed E-state index contributed by atoms with van der Waals surface area (Å²) in [6.07, 6.45) is 0. The zero-order valence-electron chi connectivity index (χ0n) is 12.3. The standard InChI is InChI=1S/C14H22N2O3S/c1-4-16(5-2)10-9-15-20(18,19)14-8-6-7-13(11-14)12(3)17/h6-8,11,15H,4-5,9-10H2,1-3H3/p+1. The van der Waals surface area contributed by atoms with Crippen LogP contribution in [0.25, 0.3) is 0 Å². The van der Waals surface area contributed by atoms with Crippen LogP contribution in [0.5, 0.6) is 0 Å². The van der Waals surface area contributed by atoms with Crippen molar-refractivity contribution in [1.29, 1.82) is 0 Å². The van der Waals surface area contributed by atoms with Crippen molar-refractivity contribution in [3.63, 3.8) is 0 Å². The average molecular weight is 299 g/mol. The van der Waals surface area contributed by atoms with Crippen LogP contribution in [0.1, 0.15) is 31.1 Å². The van der Waals surface area contributed by atoms with Crippen LogP contribution in [0.15, 0.2) is 29.2 Å². The molecule has 5 nitrogen and oxygen atoms in total. The molecule has 0 heterocycles. The molecule has 0 aromatic heterocycles. The number of likely N-dealkylation sites (N-methyl/N-ethyl adjacent to an activating group) is 1. The first-order chi connectivity index (χ1) is 9.40. The minimum Gasteiger partial charge on any atom is -0.334 e. The highest BCUT2D eigenvalue weighted by molar-refractivity contribution is 7.89. The van der Waals surface area contributed by atoms with Gasteiger partial charge in [-0.1, -0.05) is 12.1 Å². The van der Waals surface area contributed by atoms with Gasteiger partial charge in [-0.25, -0.2) is 13.1 Å². The molecular weight excluding hydrogens is 276 g/mol. The first kappa shape index (κ1) is 16.8. The molecule has 0 atom stereocenters. The maximum absolute atomic E-state index is 12.1. The number of hydrogen-bond acceptors (Lipinski definition) is 3. The highest BCUT2D eigenvalue weighted by Gasteiger charge is 2.15. The molecule has 0 spiro atoms. The molecule has 0 aliphatic rings. The van der Waals surface area contributed by atoms with E-state index in [1.807, 2.05) is 0 Å².